The van der Waals surface area contributed by atoms with Crippen LogP contribution in [0.3, 0.4) is 0 Å². The van der Waals surface area contributed by atoms with Crippen LogP contribution >= 0.6 is 45.2 Å². The summed E-state index contributed by atoms with van der Waals surface area (Å²) in [6.07, 6.45) is 8.96. The van der Waals surface area contributed by atoms with Gasteiger partial charge in [0.1, 0.15) is 21.2 Å². The van der Waals surface area contributed by atoms with E-state index >= 15 is 0 Å². The maximum Gasteiger partial charge on any atom is 0.123 e. The van der Waals surface area contributed by atoms with Gasteiger partial charge in [0.05, 0.1) is 9.90 Å². The van der Waals surface area contributed by atoms with E-state index in [1.54, 1.807) is 12.1 Å². The highest BCUT2D eigenvalue weighted by atomic mass is 127. The lowest BCUT2D eigenvalue weighted by Gasteiger charge is -2.06. The van der Waals surface area contributed by atoms with Crippen LogP contribution in [0, 0.1) is 13.2 Å². The van der Waals surface area contributed by atoms with Crippen LogP contribution in [-0.2, 0) is 0 Å². The molecule has 1 N–H and O–H groups in total. The number of nitrogens with one attached hydrogen (secondary N) is 1. The summed E-state index contributed by atoms with van der Waals surface area (Å²) in [6.45, 7) is 0. The van der Waals surface area contributed by atoms with Gasteiger partial charge in [-0.15, -0.1) is 0 Å². The monoisotopic (exact) mass is 562 g/mol. The number of nitrogens with zero attached hydrogens (tertiary/aromatic N) is 3. The van der Waals surface area contributed by atoms with Crippen LogP contribution in [0.1, 0.15) is 49.2 Å². The molecule has 130 valence electrons. The summed E-state index contributed by atoms with van der Waals surface area (Å²) in [4.78, 5) is 12.0. The molecule has 3 aromatic rings. The summed E-state index contributed by atoms with van der Waals surface area (Å²) in [5.41, 5.74) is 0.985. The number of halogens is 3. The third kappa shape index (κ3) is 4.42. The SMILES string of the molecule is Fc1ccc(-n2cc(I)nc2C2CC2)cc1.Ic1cnc(C2CC2)[nH]1. The molecule has 0 atom stereocenters. The number of rotatable bonds is 3. The Morgan fingerprint density at radius 1 is 1.04 bits per heavy atom. The van der Waals surface area contributed by atoms with E-state index in [0.717, 1.165) is 24.8 Å². The zero-order chi connectivity index (χ0) is 17.4. The highest BCUT2D eigenvalue weighted by Crippen LogP contribution is 2.40. The Kier molecular flexibility index (Phi) is 5.12. The fourth-order valence-electron chi connectivity index (χ4n) is 2.68. The summed E-state index contributed by atoms with van der Waals surface area (Å²) >= 11 is 4.46. The fourth-order valence-corrected chi connectivity index (χ4v) is 3.62. The number of aromatic nitrogens is 4. The molecule has 0 bridgehead atoms. The molecule has 5 rings (SSSR count). The molecule has 7 heteroatoms. The van der Waals surface area contributed by atoms with Gasteiger partial charge < -0.3 is 9.55 Å². The van der Waals surface area contributed by atoms with Crippen molar-refractivity contribution in [1.82, 2.24) is 19.5 Å². The minimum atomic E-state index is -0.202. The summed E-state index contributed by atoms with van der Waals surface area (Å²) in [7, 11) is 0. The van der Waals surface area contributed by atoms with E-state index in [4.69, 9.17) is 0 Å². The molecule has 0 aliphatic heterocycles. The first-order valence-corrected chi connectivity index (χ1v) is 10.5. The largest absolute Gasteiger partial charge is 0.337 e. The number of hydrogen-bond donors (Lipinski definition) is 1. The maximum absolute atomic E-state index is 12.9. The molecular formula is C18H17FI2N4. The molecule has 2 aliphatic carbocycles. The second-order valence-corrected chi connectivity index (χ2v) is 8.70. The van der Waals surface area contributed by atoms with Gasteiger partial charge in [-0.1, -0.05) is 0 Å². The number of imidazole rings is 2. The third-order valence-electron chi connectivity index (χ3n) is 4.28. The molecule has 4 nitrogen and oxygen atoms in total. The first kappa shape index (κ1) is 17.4. The van der Waals surface area contributed by atoms with E-state index in [2.05, 4.69) is 64.7 Å². The number of benzene rings is 1. The summed E-state index contributed by atoms with van der Waals surface area (Å²) in [6, 6.07) is 6.55. The standard InChI is InChI=1S/C12H10FIN2.C6H7IN2/c13-9-3-5-10(6-4-9)16-7-11(14)15-12(16)8-1-2-8;7-5-3-8-6(9-5)4-1-2-4/h3-8H,1-2H2;3-4H,1-2H2,(H,8,9). The average molecular weight is 562 g/mol. The van der Waals surface area contributed by atoms with E-state index in [9.17, 15) is 4.39 Å². The smallest absolute Gasteiger partial charge is 0.123 e. The fraction of sp³-hybridized carbons (Fsp3) is 0.333. The zero-order valence-corrected chi connectivity index (χ0v) is 17.7. The van der Waals surface area contributed by atoms with Crippen molar-refractivity contribution in [1.29, 1.82) is 0 Å². The molecule has 0 saturated heterocycles. The van der Waals surface area contributed by atoms with Gasteiger partial charge in [0.2, 0.25) is 0 Å². The van der Waals surface area contributed by atoms with Crippen LogP contribution in [0.25, 0.3) is 5.69 Å². The maximum atomic E-state index is 12.9. The Bertz CT molecular complexity index is 864. The van der Waals surface area contributed by atoms with Crippen molar-refractivity contribution in [3.8, 4) is 5.69 Å². The molecule has 2 heterocycles. The Labute approximate surface area is 172 Å². The highest BCUT2D eigenvalue weighted by Gasteiger charge is 2.29. The van der Waals surface area contributed by atoms with Gasteiger partial charge in [0.15, 0.2) is 0 Å². The second-order valence-electron chi connectivity index (χ2n) is 6.43. The number of hydrogen-bond acceptors (Lipinski definition) is 2. The van der Waals surface area contributed by atoms with Crippen LogP contribution in [0.5, 0.6) is 0 Å². The van der Waals surface area contributed by atoms with Gasteiger partial charge in [-0.05, 0) is 95.1 Å². The molecule has 2 aromatic heterocycles. The second kappa shape index (κ2) is 7.34. The van der Waals surface area contributed by atoms with Gasteiger partial charge in [-0.3, -0.25) is 0 Å². The summed E-state index contributed by atoms with van der Waals surface area (Å²) in [5.74, 6) is 3.43. The summed E-state index contributed by atoms with van der Waals surface area (Å²) < 4.78 is 17.1. The molecule has 0 amide bonds. The predicted octanol–water partition coefficient (Wildman–Crippen LogP) is 5.39. The van der Waals surface area contributed by atoms with E-state index < -0.39 is 0 Å². The number of H-pyrrole nitrogens is 1. The van der Waals surface area contributed by atoms with Crippen LogP contribution in [0.4, 0.5) is 4.39 Å². The summed E-state index contributed by atoms with van der Waals surface area (Å²) in [5, 5.41) is 0. The van der Waals surface area contributed by atoms with Gasteiger partial charge in [-0.2, -0.15) is 0 Å². The molecular weight excluding hydrogens is 545 g/mol. The lowest BCUT2D eigenvalue weighted by atomic mass is 10.3. The topological polar surface area (TPSA) is 46.5 Å². The molecule has 2 fully saturated rings. The molecule has 0 radical (unpaired) electrons. The van der Waals surface area contributed by atoms with E-state index in [1.165, 1.54) is 43.6 Å². The Balaban J connectivity index is 0.000000147. The molecule has 0 unspecified atom stereocenters. The Morgan fingerprint density at radius 3 is 2.28 bits per heavy atom. The van der Waals surface area contributed by atoms with Crippen LogP contribution < -0.4 is 0 Å². The van der Waals surface area contributed by atoms with Gasteiger partial charge in [0, 0.05) is 23.7 Å². The highest BCUT2D eigenvalue weighted by molar-refractivity contribution is 14.1. The molecule has 2 aliphatic rings. The quantitative estimate of drug-likeness (QED) is 0.436. The van der Waals surface area contributed by atoms with Gasteiger partial charge in [-0.25, -0.2) is 14.4 Å². The number of aromatic amines is 1. The molecule has 25 heavy (non-hydrogen) atoms. The first-order valence-electron chi connectivity index (χ1n) is 8.31. The molecule has 0 spiro atoms. The normalized spacial score (nSPS) is 16.4. The average Bonchev–Trinajstić information content (AvgIpc) is 3.53. The van der Waals surface area contributed by atoms with Crippen molar-refractivity contribution in [2.45, 2.75) is 37.5 Å². The van der Waals surface area contributed by atoms with Crippen molar-refractivity contribution < 1.29 is 4.39 Å². The first-order chi connectivity index (χ1) is 12.1. The van der Waals surface area contributed by atoms with Gasteiger partial charge >= 0.3 is 0 Å². The minimum absolute atomic E-state index is 0.202. The van der Waals surface area contributed by atoms with Crippen LogP contribution in [0.15, 0.2) is 36.7 Å². The molecule has 1 aromatic carbocycles. The van der Waals surface area contributed by atoms with Crippen LogP contribution in [0.2, 0.25) is 0 Å². The third-order valence-corrected chi connectivity index (χ3v) is 5.35. The van der Waals surface area contributed by atoms with Crippen molar-refractivity contribution >= 4 is 45.2 Å². The van der Waals surface area contributed by atoms with Crippen molar-refractivity contribution in [3.05, 3.63) is 61.5 Å². The van der Waals surface area contributed by atoms with E-state index in [-0.39, 0.29) is 5.82 Å². The van der Waals surface area contributed by atoms with Crippen LogP contribution in [-0.4, -0.2) is 19.5 Å². The van der Waals surface area contributed by atoms with E-state index in [1.807, 2.05) is 12.4 Å². The van der Waals surface area contributed by atoms with Crippen molar-refractivity contribution in [3.63, 3.8) is 0 Å². The minimum Gasteiger partial charge on any atom is -0.337 e. The van der Waals surface area contributed by atoms with Crippen molar-refractivity contribution in [2.24, 2.45) is 0 Å². The lowest BCUT2D eigenvalue weighted by Crippen LogP contribution is -1.98. The zero-order valence-electron chi connectivity index (χ0n) is 13.4. The predicted molar refractivity (Wildman–Crippen MR) is 111 cm³/mol. The van der Waals surface area contributed by atoms with Crippen molar-refractivity contribution in [2.75, 3.05) is 0 Å². The van der Waals surface area contributed by atoms with Gasteiger partial charge in [0.25, 0.3) is 0 Å². The Morgan fingerprint density at radius 2 is 1.72 bits per heavy atom. The Hall–Kier alpha value is -0.970. The van der Waals surface area contributed by atoms with E-state index in [0.29, 0.717) is 5.92 Å². The molecule has 2 saturated carbocycles. The lowest BCUT2D eigenvalue weighted by molar-refractivity contribution is 0.627.